The zero-order chi connectivity index (χ0) is 20.5. The van der Waals surface area contributed by atoms with Crippen molar-refractivity contribution >= 4 is 66.8 Å². The van der Waals surface area contributed by atoms with Gasteiger partial charge in [0.15, 0.2) is 5.66 Å². The number of nitrogens with one attached hydrogen (secondary N) is 1. The van der Waals surface area contributed by atoms with Crippen LogP contribution in [-0.4, -0.2) is 39.3 Å². The average Bonchev–Trinajstić information content (AvgIpc) is 3.14. The lowest BCUT2D eigenvalue weighted by Gasteiger charge is -2.63. The van der Waals surface area contributed by atoms with Gasteiger partial charge in [-0.05, 0) is 23.8 Å². The van der Waals surface area contributed by atoms with Gasteiger partial charge in [-0.2, -0.15) is 4.99 Å². The molecule has 4 atom stereocenters. The molecule has 150 valence electrons. The molecular formula is C20H17Br2ClN4O2. The molecule has 2 saturated heterocycles. The number of benzene rings is 1. The second-order valence-electron chi connectivity index (χ2n) is 8.90. The van der Waals surface area contributed by atoms with Crippen molar-refractivity contribution < 1.29 is 9.59 Å². The fourth-order valence-electron chi connectivity index (χ4n) is 6.18. The second-order valence-corrected chi connectivity index (χ2v) is 11.2. The Morgan fingerprint density at radius 1 is 1.28 bits per heavy atom. The number of alkyl halides is 1. The molecule has 0 radical (unpaired) electrons. The van der Waals surface area contributed by atoms with Crippen molar-refractivity contribution in [3.8, 4) is 0 Å². The van der Waals surface area contributed by atoms with E-state index < -0.39 is 16.7 Å². The van der Waals surface area contributed by atoms with Crippen LogP contribution in [0, 0.1) is 5.41 Å². The van der Waals surface area contributed by atoms with Crippen LogP contribution in [0.25, 0.3) is 0 Å². The van der Waals surface area contributed by atoms with E-state index in [0.717, 1.165) is 20.2 Å². The number of aliphatic imine (C=N–C) groups is 1. The lowest BCUT2D eigenvalue weighted by Crippen LogP contribution is -2.81. The van der Waals surface area contributed by atoms with E-state index in [-0.39, 0.29) is 23.2 Å². The van der Waals surface area contributed by atoms with Crippen molar-refractivity contribution in [1.29, 1.82) is 0 Å². The molecule has 1 aromatic carbocycles. The summed E-state index contributed by atoms with van der Waals surface area (Å²) < 4.78 is 1.87. The van der Waals surface area contributed by atoms with E-state index in [1.165, 1.54) is 0 Å². The van der Waals surface area contributed by atoms with Crippen molar-refractivity contribution in [2.75, 3.05) is 4.90 Å². The molecule has 9 heteroatoms. The van der Waals surface area contributed by atoms with E-state index in [1.807, 2.05) is 17.0 Å². The van der Waals surface area contributed by atoms with Gasteiger partial charge in [0.1, 0.15) is 5.66 Å². The molecular weight excluding hydrogens is 524 g/mol. The molecule has 5 aliphatic rings. The lowest BCUT2D eigenvalue weighted by molar-refractivity contribution is -0.129. The Hall–Kier alpha value is -1.38. The zero-order valence-corrected chi connectivity index (χ0v) is 19.6. The number of halogens is 3. The molecule has 2 fully saturated rings. The Morgan fingerprint density at radius 2 is 2.03 bits per heavy atom. The molecule has 3 amide bonds. The number of anilines is 1. The van der Waals surface area contributed by atoms with Gasteiger partial charge in [-0.25, -0.2) is 4.79 Å². The maximum atomic E-state index is 13.1. The van der Waals surface area contributed by atoms with Crippen molar-refractivity contribution in [3.05, 3.63) is 38.9 Å². The summed E-state index contributed by atoms with van der Waals surface area (Å²) in [6.45, 7) is 4.14. The van der Waals surface area contributed by atoms with E-state index in [9.17, 15) is 9.59 Å². The van der Waals surface area contributed by atoms with Gasteiger partial charge in [0.05, 0.1) is 5.71 Å². The van der Waals surface area contributed by atoms with Gasteiger partial charge >= 0.3 is 6.03 Å². The molecule has 2 spiro atoms. The highest BCUT2D eigenvalue weighted by Gasteiger charge is 2.76. The topological polar surface area (TPSA) is 65.0 Å². The first-order chi connectivity index (χ1) is 13.6. The molecule has 0 saturated carbocycles. The molecule has 2 bridgehead atoms. The quantitative estimate of drug-likeness (QED) is 0.494. The Kier molecular flexibility index (Phi) is 3.34. The number of carbonyl (C=O) groups is 2. The number of fused-ring (bicyclic) bond motifs is 2. The number of nitrogens with zero attached hydrogens (tertiary/aromatic N) is 3. The zero-order valence-electron chi connectivity index (χ0n) is 15.7. The van der Waals surface area contributed by atoms with E-state index in [1.54, 1.807) is 6.20 Å². The number of carbonyl (C=O) groups excluding carboxylic acids is 2. The monoisotopic (exact) mass is 538 g/mol. The van der Waals surface area contributed by atoms with Crippen LogP contribution in [0.2, 0.25) is 0 Å². The van der Waals surface area contributed by atoms with Crippen molar-refractivity contribution in [2.24, 2.45) is 10.4 Å². The first-order valence-corrected chi connectivity index (χ1v) is 11.5. The van der Waals surface area contributed by atoms with E-state index in [4.69, 9.17) is 11.6 Å². The number of hydrogen-bond donors (Lipinski definition) is 1. The fraction of sp³-hybridized carbons (Fsp3) is 0.450. The summed E-state index contributed by atoms with van der Waals surface area (Å²) >= 11 is 14.4. The van der Waals surface area contributed by atoms with Gasteiger partial charge in [-0.3, -0.25) is 9.69 Å². The van der Waals surface area contributed by atoms with Crippen LogP contribution < -0.4 is 10.2 Å². The first-order valence-electron chi connectivity index (χ1n) is 9.49. The predicted molar refractivity (Wildman–Crippen MR) is 117 cm³/mol. The summed E-state index contributed by atoms with van der Waals surface area (Å²) in [6.07, 6.45) is 4.60. The molecule has 1 N–H and O–H groups in total. The largest absolute Gasteiger partial charge is 0.343 e. The Morgan fingerprint density at radius 3 is 2.79 bits per heavy atom. The third-order valence-electron chi connectivity index (χ3n) is 7.46. The third-order valence-corrected chi connectivity index (χ3v) is 9.28. The summed E-state index contributed by atoms with van der Waals surface area (Å²) in [5.74, 6) is -0.00876. The molecule has 6 rings (SSSR count). The molecule has 29 heavy (non-hydrogen) atoms. The summed E-state index contributed by atoms with van der Waals surface area (Å²) in [6, 6.07) is 3.70. The summed E-state index contributed by atoms with van der Waals surface area (Å²) in [5, 5.41) is 2.89. The Bertz CT molecular complexity index is 1100. The second kappa shape index (κ2) is 5.26. The lowest BCUT2D eigenvalue weighted by atomic mass is 9.65. The van der Waals surface area contributed by atoms with Gasteiger partial charge in [0.25, 0.3) is 0 Å². The van der Waals surface area contributed by atoms with Crippen LogP contribution in [-0.2, 0) is 4.79 Å². The number of piperidine rings is 1. The van der Waals surface area contributed by atoms with Gasteiger partial charge in [-0.1, -0.05) is 45.7 Å². The van der Waals surface area contributed by atoms with Crippen molar-refractivity contribution in [3.63, 3.8) is 0 Å². The highest BCUT2D eigenvalue weighted by atomic mass is 79.9. The van der Waals surface area contributed by atoms with Crippen LogP contribution in [0.4, 0.5) is 10.5 Å². The van der Waals surface area contributed by atoms with E-state index in [2.05, 4.69) is 67.0 Å². The van der Waals surface area contributed by atoms with Gasteiger partial charge in [0, 0.05) is 50.4 Å². The van der Waals surface area contributed by atoms with Crippen LogP contribution in [0.3, 0.4) is 0 Å². The minimum Gasteiger partial charge on any atom is -0.318 e. The normalized spacial score (nSPS) is 37.8. The molecule has 1 aromatic rings. The first kappa shape index (κ1) is 18.4. The third kappa shape index (κ3) is 1.80. The number of rotatable bonds is 0. The van der Waals surface area contributed by atoms with Crippen LogP contribution in [0.15, 0.2) is 38.3 Å². The average molecular weight is 541 g/mol. The molecule has 0 aromatic heterocycles. The highest BCUT2D eigenvalue weighted by molar-refractivity contribution is 9.11. The molecule has 5 aliphatic heterocycles. The predicted octanol–water partition coefficient (Wildman–Crippen LogP) is 4.47. The fourth-order valence-corrected chi connectivity index (χ4v) is 8.04. The maximum absolute atomic E-state index is 13.1. The highest BCUT2D eigenvalue weighted by Crippen LogP contribution is 2.68. The molecule has 0 unspecified atom stereocenters. The Balaban J connectivity index is 1.78. The summed E-state index contributed by atoms with van der Waals surface area (Å²) in [5.41, 5.74) is 0.495. The minimum absolute atomic E-state index is 0.0577. The van der Waals surface area contributed by atoms with Crippen LogP contribution in [0.5, 0.6) is 0 Å². The number of hydrogen-bond acceptors (Lipinski definition) is 3. The molecule has 6 nitrogen and oxygen atoms in total. The van der Waals surface area contributed by atoms with Crippen LogP contribution in [0.1, 0.15) is 38.2 Å². The van der Waals surface area contributed by atoms with E-state index in [0.29, 0.717) is 18.6 Å². The minimum atomic E-state index is -0.950. The van der Waals surface area contributed by atoms with Crippen LogP contribution >= 0.6 is 43.5 Å². The molecule has 0 aliphatic carbocycles. The van der Waals surface area contributed by atoms with Gasteiger partial charge in [0.2, 0.25) is 5.91 Å². The van der Waals surface area contributed by atoms with Crippen molar-refractivity contribution in [2.45, 2.75) is 49.3 Å². The van der Waals surface area contributed by atoms with Gasteiger partial charge < -0.3 is 10.2 Å². The smallest absolute Gasteiger partial charge is 0.318 e. The van der Waals surface area contributed by atoms with Crippen molar-refractivity contribution in [1.82, 2.24) is 10.2 Å². The maximum Gasteiger partial charge on any atom is 0.343 e. The summed E-state index contributed by atoms with van der Waals surface area (Å²) in [4.78, 5) is 34.1. The molecule has 5 heterocycles. The van der Waals surface area contributed by atoms with Gasteiger partial charge in [-0.15, -0.1) is 11.6 Å². The standard InChI is InChI=1S/C20H17Br2ClN4O2/c1-18(2)13(23)8-19-10-7-15(28)26(19)4-3-14-20(18,25-17(29)24-14)27(19)12-6-9(21)5-11(22)16(10)12/h3-6,10,13H,7-8H2,1-2H3,(H,25,29)/t10-,13+,19+,20+/m1/s1. The number of urea groups is 1. The summed E-state index contributed by atoms with van der Waals surface area (Å²) in [7, 11) is 0. The van der Waals surface area contributed by atoms with E-state index >= 15 is 0 Å². The SMILES string of the molecule is CC1(C)[C@@H](Cl)C[C@]23[C@@H]4CC(=O)N2C=CC2=NC(=O)N[C@]21N3c1cc(Br)cc(Br)c14. The number of amides is 3. The Labute approximate surface area is 189 Å².